The van der Waals surface area contributed by atoms with E-state index in [-0.39, 0.29) is 22.6 Å². The number of esters is 1. The van der Waals surface area contributed by atoms with Gasteiger partial charge in [-0.2, -0.15) is 0 Å². The number of anilines is 1. The zero-order valence-corrected chi connectivity index (χ0v) is 13.5. The van der Waals surface area contributed by atoms with E-state index in [9.17, 15) is 17.6 Å². The lowest BCUT2D eigenvalue weighted by Crippen LogP contribution is -2.38. The van der Waals surface area contributed by atoms with Gasteiger partial charge in [-0.1, -0.05) is 11.6 Å². The lowest BCUT2D eigenvalue weighted by Gasteiger charge is -2.24. The van der Waals surface area contributed by atoms with Gasteiger partial charge in [0.2, 0.25) is 10.0 Å². The molecule has 0 saturated carbocycles. The van der Waals surface area contributed by atoms with Gasteiger partial charge in [-0.25, -0.2) is 12.8 Å². The summed E-state index contributed by atoms with van der Waals surface area (Å²) in [6.45, 7) is 4.23. The maximum Gasteiger partial charge on any atom is 0.327 e. The quantitative estimate of drug-likeness (QED) is 0.748. The summed E-state index contributed by atoms with van der Waals surface area (Å²) in [6, 6.07) is 3.28. The zero-order chi connectivity index (χ0) is 16.2. The molecule has 0 aromatic heterocycles. The number of ether oxygens (including phenoxy) is 1. The molecule has 1 rings (SSSR count). The van der Waals surface area contributed by atoms with Crippen LogP contribution >= 0.6 is 11.6 Å². The van der Waals surface area contributed by atoms with E-state index in [1.54, 1.807) is 13.8 Å². The first-order valence-corrected chi connectivity index (χ1v) is 8.31. The summed E-state index contributed by atoms with van der Waals surface area (Å²) >= 11 is 5.88. The van der Waals surface area contributed by atoms with Crippen molar-refractivity contribution >= 4 is 33.3 Å². The van der Waals surface area contributed by atoms with E-state index in [2.05, 4.69) is 0 Å². The van der Waals surface area contributed by atoms with Crippen molar-refractivity contribution in [1.29, 1.82) is 0 Å². The highest BCUT2D eigenvalue weighted by Crippen LogP contribution is 2.28. The molecular formula is C13H17ClFNO4S. The fourth-order valence-electron chi connectivity index (χ4n) is 1.59. The van der Waals surface area contributed by atoms with Gasteiger partial charge in [0, 0.05) is 0 Å². The minimum Gasteiger partial charge on any atom is -0.462 e. The summed E-state index contributed by atoms with van der Waals surface area (Å²) in [5.41, 5.74) is 0.0422. The SMILES string of the molecule is CCS(=O)(=O)N(CC(=O)OC(C)C)c1ccc(F)cc1Cl. The summed E-state index contributed by atoms with van der Waals surface area (Å²) in [7, 11) is -3.75. The third-order valence-corrected chi connectivity index (χ3v) is 4.55. The van der Waals surface area contributed by atoms with Crippen LogP contribution in [-0.4, -0.2) is 32.8 Å². The Morgan fingerprint density at radius 1 is 1.43 bits per heavy atom. The van der Waals surface area contributed by atoms with E-state index in [0.29, 0.717) is 0 Å². The van der Waals surface area contributed by atoms with E-state index in [4.69, 9.17) is 16.3 Å². The Kier molecular flexibility index (Phi) is 5.98. The van der Waals surface area contributed by atoms with Crippen LogP contribution in [0.1, 0.15) is 20.8 Å². The van der Waals surface area contributed by atoms with Crippen LogP contribution in [0.15, 0.2) is 18.2 Å². The molecule has 8 heteroatoms. The van der Waals surface area contributed by atoms with Gasteiger partial charge in [-0.05, 0) is 39.0 Å². The smallest absolute Gasteiger partial charge is 0.327 e. The summed E-state index contributed by atoms with van der Waals surface area (Å²) in [5, 5.41) is -0.0932. The predicted molar refractivity (Wildman–Crippen MR) is 79.4 cm³/mol. The van der Waals surface area contributed by atoms with Crippen LogP contribution < -0.4 is 4.31 Å². The zero-order valence-electron chi connectivity index (χ0n) is 12.0. The minimum absolute atomic E-state index is 0.0422. The molecule has 0 saturated heterocycles. The van der Waals surface area contributed by atoms with Crippen molar-refractivity contribution in [3.63, 3.8) is 0 Å². The molecule has 0 aliphatic carbocycles. The number of sulfonamides is 1. The highest BCUT2D eigenvalue weighted by molar-refractivity contribution is 7.92. The third kappa shape index (κ3) is 4.86. The number of nitrogens with zero attached hydrogens (tertiary/aromatic N) is 1. The van der Waals surface area contributed by atoms with Crippen LogP contribution in [0.2, 0.25) is 5.02 Å². The van der Waals surface area contributed by atoms with Crippen molar-refractivity contribution in [1.82, 2.24) is 0 Å². The molecule has 0 amide bonds. The Hall–Kier alpha value is -1.34. The molecule has 0 unspecified atom stereocenters. The van der Waals surface area contributed by atoms with E-state index in [0.717, 1.165) is 16.4 Å². The minimum atomic E-state index is -3.75. The second-order valence-corrected chi connectivity index (χ2v) is 7.13. The molecule has 0 spiro atoms. The average molecular weight is 338 g/mol. The fourth-order valence-corrected chi connectivity index (χ4v) is 2.98. The van der Waals surface area contributed by atoms with Gasteiger partial charge in [0.05, 0.1) is 22.6 Å². The summed E-state index contributed by atoms with van der Waals surface area (Å²) < 4.78 is 43.1. The maximum absolute atomic E-state index is 13.1. The standard InChI is InChI=1S/C13H17ClFNO4S/c1-4-21(18,19)16(8-13(17)20-9(2)3)12-6-5-10(15)7-11(12)14/h5-7,9H,4,8H2,1-3H3. The van der Waals surface area contributed by atoms with Crippen LogP contribution in [-0.2, 0) is 19.6 Å². The summed E-state index contributed by atoms with van der Waals surface area (Å²) in [4.78, 5) is 11.7. The summed E-state index contributed by atoms with van der Waals surface area (Å²) in [5.74, 6) is -1.53. The first-order valence-electron chi connectivity index (χ1n) is 6.32. The van der Waals surface area contributed by atoms with Crippen molar-refractivity contribution < 1.29 is 22.3 Å². The predicted octanol–water partition coefficient (Wildman–Crippen LogP) is 2.59. The molecule has 0 heterocycles. The van der Waals surface area contributed by atoms with Gasteiger partial charge in [0.15, 0.2) is 0 Å². The second kappa shape index (κ2) is 7.09. The van der Waals surface area contributed by atoms with Crippen molar-refractivity contribution in [2.45, 2.75) is 26.9 Å². The van der Waals surface area contributed by atoms with Crippen molar-refractivity contribution in [3.05, 3.63) is 29.0 Å². The Balaban J connectivity index is 3.18. The number of hydrogen-bond acceptors (Lipinski definition) is 4. The van der Waals surface area contributed by atoms with E-state index in [1.165, 1.54) is 13.0 Å². The van der Waals surface area contributed by atoms with Gasteiger partial charge in [0.25, 0.3) is 0 Å². The monoisotopic (exact) mass is 337 g/mol. The third-order valence-electron chi connectivity index (χ3n) is 2.52. The molecule has 0 radical (unpaired) electrons. The topological polar surface area (TPSA) is 63.7 Å². The number of benzene rings is 1. The van der Waals surface area contributed by atoms with Gasteiger partial charge in [-0.3, -0.25) is 9.10 Å². The Morgan fingerprint density at radius 3 is 2.52 bits per heavy atom. The number of hydrogen-bond donors (Lipinski definition) is 0. The van der Waals surface area contributed by atoms with Crippen molar-refractivity contribution in [2.75, 3.05) is 16.6 Å². The highest BCUT2D eigenvalue weighted by Gasteiger charge is 2.26. The van der Waals surface area contributed by atoms with Gasteiger partial charge >= 0.3 is 5.97 Å². The van der Waals surface area contributed by atoms with Crippen LogP contribution in [0.3, 0.4) is 0 Å². The van der Waals surface area contributed by atoms with Crippen LogP contribution in [0.4, 0.5) is 10.1 Å². The average Bonchev–Trinajstić information content (AvgIpc) is 2.35. The molecule has 0 aliphatic rings. The molecule has 5 nitrogen and oxygen atoms in total. The van der Waals surface area contributed by atoms with E-state index < -0.39 is 28.4 Å². The van der Waals surface area contributed by atoms with Crippen molar-refractivity contribution in [2.24, 2.45) is 0 Å². The first-order chi connectivity index (χ1) is 9.67. The fraction of sp³-hybridized carbons (Fsp3) is 0.462. The Labute approximate surface area is 128 Å². The van der Waals surface area contributed by atoms with Crippen LogP contribution in [0.5, 0.6) is 0 Å². The number of rotatable bonds is 6. The molecule has 21 heavy (non-hydrogen) atoms. The molecule has 0 aliphatic heterocycles. The number of carbonyl (C=O) groups excluding carboxylic acids is 1. The maximum atomic E-state index is 13.1. The van der Waals surface area contributed by atoms with Gasteiger partial charge < -0.3 is 4.74 Å². The summed E-state index contributed by atoms with van der Waals surface area (Å²) in [6.07, 6.45) is -0.368. The van der Waals surface area contributed by atoms with E-state index in [1.807, 2.05) is 0 Å². The molecule has 0 atom stereocenters. The lowest BCUT2D eigenvalue weighted by atomic mass is 10.3. The largest absolute Gasteiger partial charge is 0.462 e. The molecule has 0 bridgehead atoms. The molecule has 0 fully saturated rings. The van der Waals surface area contributed by atoms with Crippen LogP contribution in [0.25, 0.3) is 0 Å². The normalized spacial score (nSPS) is 11.5. The lowest BCUT2D eigenvalue weighted by molar-refractivity contribution is -0.145. The first kappa shape index (κ1) is 17.7. The van der Waals surface area contributed by atoms with Gasteiger partial charge in [0.1, 0.15) is 12.4 Å². The van der Waals surface area contributed by atoms with E-state index >= 15 is 0 Å². The number of carbonyl (C=O) groups is 1. The van der Waals surface area contributed by atoms with Crippen LogP contribution in [0, 0.1) is 5.82 Å². The Bertz CT molecular complexity index is 619. The highest BCUT2D eigenvalue weighted by atomic mass is 35.5. The number of halogens is 2. The van der Waals surface area contributed by atoms with Crippen molar-refractivity contribution in [3.8, 4) is 0 Å². The second-order valence-electron chi connectivity index (χ2n) is 4.54. The molecule has 1 aromatic carbocycles. The molecular weight excluding hydrogens is 321 g/mol. The van der Waals surface area contributed by atoms with Gasteiger partial charge in [-0.15, -0.1) is 0 Å². The Morgan fingerprint density at radius 2 is 2.05 bits per heavy atom. The molecule has 1 aromatic rings. The molecule has 118 valence electrons. The molecule has 0 N–H and O–H groups in total.